The molecule has 0 heterocycles. The van der Waals surface area contributed by atoms with E-state index >= 15 is 0 Å². The smallest absolute Gasteiger partial charge is 0.475 e. The van der Waals surface area contributed by atoms with Gasteiger partial charge in [0.2, 0.25) is 5.91 Å². The maximum absolute atomic E-state index is 10.6. The van der Waals surface area contributed by atoms with Crippen molar-refractivity contribution < 1.29 is 27.9 Å². The Labute approximate surface area is 84.6 Å². The van der Waals surface area contributed by atoms with Crippen LogP contribution in [0, 0.1) is 0 Å². The average Bonchev–Trinajstić information content (AvgIpc) is 2.01. The molecule has 0 aliphatic heterocycles. The highest BCUT2D eigenvalue weighted by Gasteiger charge is 2.38. The van der Waals surface area contributed by atoms with Gasteiger partial charge in [0, 0.05) is 14.1 Å². The summed E-state index contributed by atoms with van der Waals surface area (Å²) in [5.74, 6) is -2.79. The van der Waals surface area contributed by atoms with E-state index < -0.39 is 12.1 Å². The molecule has 5 nitrogen and oxygen atoms in total. The molecule has 90 valence electrons. The van der Waals surface area contributed by atoms with Crippen LogP contribution in [0.5, 0.6) is 0 Å². The van der Waals surface area contributed by atoms with E-state index in [9.17, 15) is 18.0 Å². The molecule has 0 fully saturated rings. The minimum Gasteiger partial charge on any atom is -0.475 e. The molecule has 0 aromatic heterocycles. The molecule has 0 bridgehead atoms. The van der Waals surface area contributed by atoms with Gasteiger partial charge in [-0.3, -0.25) is 4.79 Å². The monoisotopic (exact) mass is 230 g/mol. The number of carbonyl (C=O) groups is 2. The first-order valence-electron chi connectivity index (χ1n) is 3.77. The van der Waals surface area contributed by atoms with E-state index in [1.54, 1.807) is 21.0 Å². The lowest BCUT2D eigenvalue weighted by molar-refractivity contribution is -0.192. The van der Waals surface area contributed by atoms with Gasteiger partial charge in [0.05, 0.1) is 6.04 Å². The number of carboxylic acid groups (broad SMARTS) is 1. The Balaban J connectivity index is 0. The fraction of sp³-hybridized carbons (Fsp3) is 0.714. The van der Waals surface area contributed by atoms with E-state index in [0.717, 1.165) is 0 Å². The van der Waals surface area contributed by atoms with E-state index in [-0.39, 0.29) is 11.9 Å². The van der Waals surface area contributed by atoms with E-state index in [1.807, 2.05) is 0 Å². The van der Waals surface area contributed by atoms with Crippen molar-refractivity contribution in [3.8, 4) is 0 Å². The largest absolute Gasteiger partial charge is 0.490 e. The molecule has 0 aromatic rings. The van der Waals surface area contributed by atoms with E-state index in [0.29, 0.717) is 0 Å². The van der Waals surface area contributed by atoms with Crippen molar-refractivity contribution in [2.24, 2.45) is 5.73 Å². The Bertz CT molecular complexity index is 216. The molecule has 3 N–H and O–H groups in total. The van der Waals surface area contributed by atoms with Gasteiger partial charge in [-0.1, -0.05) is 0 Å². The molecule has 0 radical (unpaired) electrons. The Morgan fingerprint density at radius 2 is 1.60 bits per heavy atom. The number of hydrogen-bond acceptors (Lipinski definition) is 3. The number of alkyl halides is 3. The summed E-state index contributed by atoms with van der Waals surface area (Å²) in [7, 11) is 3.37. The first-order chi connectivity index (χ1) is 6.50. The second kappa shape index (κ2) is 6.23. The SMILES string of the molecule is C[C@H](N)C(=O)N(C)C.O=C(O)C(F)(F)F. The van der Waals surface area contributed by atoms with E-state index in [2.05, 4.69) is 0 Å². The number of nitrogens with zero attached hydrogens (tertiary/aromatic N) is 1. The van der Waals surface area contributed by atoms with Crippen LogP contribution in [-0.4, -0.2) is 48.2 Å². The molecule has 1 atom stereocenters. The summed E-state index contributed by atoms with van der Waals surface area (Å²) in [5, 5.41) is 7.12. The van der Waals surface area contributed by atoms with Crippen LogP contribution in [0.3, 0.4) is 0 Å². The van der Waals surface area contributed by atoms with Crippen LogP contribution in [0.1, 0.15) is 6.92 Å². The van der Waals surface area contributed by atoms with E-state index in [1.165, 1.54) is 4.90 Å². The first kappa shape index (κ1) is 16.1. The van der Waals surface area contributed by atoms with Crippen LogP contribution in [0.2, 0.25) is 0 Å². The van der Waals surface area contributed by atoms with Crippen LogP contribution in [0.25, 0.3) is 0 Å². The third kappa shape index (κ3) is 9.01. The van der Waals surface area contributed by atoms with Crippen molar-refractivity contribution in [1.29, 1.82) is 0 Å². The van der Waals surface area contributed by atoms with Crippen molar-refractivity contribution in [2.45, 2.75) is 19.1 Å². The number of halogens is 3. The molecule has 0 spiro atoms. The van der Waals surface area contributed by atoms with Crippen LogP contribution in [0.15, 0.2) is 0 Å². The second-order valence-corrected chi connectivity index (χ2v) is 2.82. The maximum atomic E-state index is 10.6. The Morgan fingerprint density at radius 3 is 1.60 bits per heavy atom. The summed E-state index contributed by atoms with van der Waals surface area (Å²) in [5.41, 5.74) is 5.25. The Morgan fingerprint density at radius 1 is 1.33 bits per heavy atom. The molecule has 0 aliphatic carbocycles. The first-order valence-corrected chi connectivity index (χ1v) is 3.77. The zero-order valence-electron chi connectivity index (χ0n) is 8.50. The topological polar surface area (TPSA) is 83.6 Å². The minimum absolute atomic E-state index is 0.0370. The fourth-order valence-corrected chi connectivity index (χ4v) is 0.407. The van der Waals surface area contributed by atoms with Crippen molar-refractivity contribution in [2.75, 3.05) is 14.1 Å². The summed E-state index contributed by atoms with van der Waals surface area (Å²) < 4.78 is 31.7. The lowest BCUT2D eigenvalue weighted by Gasteiger charge is -2.11. The molecule has 1 amide bonds. The Kier molecular flexibility index (Phi) is 6.70. The third-order valence-electron chi connectivity index (χ3n) is 1.07. The van der Waals surface area contributed by atoms with Gasteiger partial charge in [0.1, 0.15) is 0 Å². The van der Waals surface area contributed by atoms with Crippen LogP contribution < -0.4 is 5.73 Å². The van der Waals surface area contributed by atoms with Crippen LogP contribution in [0.4, 0.5) is 13.2 Å². The third-order valence-corrected chi connectivity index (χ3v) is 1.07. The number of aliphatic carboxylic acids is 1. The van der Waals surface area contributed by atoms with Gasteiger partial charge >= 0.3 is 12.1 Å². The zero-order chi connectivity index (χ0) is 12.8. The zero-order valence-corrected chi connectivity index (χ0v) is 8.50. The summed E-state index contributed by atoms with van der Waals surface area (Å²) in [6.07, 6.45) is -5.08. The van der Waals surface area contributed by atoms with Gasteiger partial charge in [0.25, 0.3) is 0 Å². The van der Waals surface area contributed by atoms with E-state index in [4.69, 9.17) is 15.6 Å². The second-order valence-electron chi connectivity index (χ2n) is 2.82. The quantitative estimate of drug-likeness (QED) is 0.667. The number of likely N-dealkylation sites (N-methyl/N-ethyl adjacent to an activating group) is 1. The molecular weight excluding hydrogens is 217 g/mol. The molecule has 0 aliphatic rings. The highest BCUT2D eigenvalue weighted by molar-refractivity contribution is 5.80. The number of rotatable bonds is 1. The fourth-order valence-electron chi connectivity index (χ4n) is 0.407. The number of nitrogens with two attached hydrogens (primary N) is 1. The van der Waals surface area contributed by atoms with Crippen molar-refractivity contribution >= 4 is 11.9 Å². The summed E-state index contributed by atoms with van der Waals surface area (Å²) in [6, 6.07) is -0.370. The highest BCUT2D eigenvalue weighted by Crippen LogP contribution is 2.13. The van der Waals surface area contributed by atoms with Gasteiger partial charge in [-0.15, -0.1) is 0 Å². The number of amides is 1. The Hall–Kier alpha value is -1.31. The van der Waals surface area contributed by atoms with Crippen LogP contribution >= 0.6 is 0 Å². The lowest BCUT2D eigenvalue weighted by atomic mass is 10.3. The normalized spacial score (nSPS) is 12.2. The predicted octanol–water partition coefficient (Wildman–Crippen LogP) is 0.0551. The molecule has 15 heavy (non-hydrogen) atoms. The number of hydrogen-bond donors (Lipinski definition) is 2. The molecule has 0 rings (SSSR count). The molecular formula is C7H13F3N2O3. The molecule has 0 saturated heterocycles. The van der Waals surface area contributed by atoms with Gasteiger partial charge in [-0.05, 0) is 6.92 Å². The molecule has 8 heteroatoms. The average molecular weight is 230 g/mol. The van der Waals surface area contributed by atoms with Gasteiger partial charge in [0.15, 0.2) is 0 Å². The summed E-state index contributed by atoms with van der Waals surface area (Å²) >= 11 is 0. The lowest BCUT2D eigenvalue weighted by Crippen LogP contribution is -2.37. The van der Waals surface area contributed by atoms with Crippen molar-refractivity contribution in [3.63, 3.8) is 0 Å². The van der Waals surface area contributed by atoms with Gasteiger partial charge < -0.3 is 15.7 Å². The summed E-state index contributed by atoms with van der Waals surface area (Å²) in [6.45, 7) is 1.67. The molecule has 0 aromatic carbocycles. The van der Waals surface area contributed by atoms with Crippen LogP contribution in [-0.2, 0) is 9.59 Å². The minimum atomic E-state index is -5.08. The highest BCUT2D eigenvalue weighted by atomic mass is 19.4. The summed E-state index contributed by atoms with van der Waals surface area (Å²) in [4.78, 5) is 21.0. The number of carbonyl (C=O) groups excluding carboxylic acids is 1. The predicted molar refractivity (Wildman–Crippen MR) is 46.0 cm³/mol. The maximum Gasteiger partial charge on any atom is 0.490 e. The van der Waals surface area contributed by atoms with Gasteiger partial charge in [-0.25, -0.2) is 4.79 Å². The molecule has 0 unspecified atom stereocenters. The molecule has 0 saturated carbocycles. The van der Waals surface area contributed by atoms with Gasteiger partial charge in [-0.2, -0.15) is 13.2 Å². The van der Waals surface area contributed by atoms with Crippen molar-refractivity contribution in [3.05, 3.63) is 0 Å². The number of carboxylic acids is 1. The standard InChI is InChI=1S/C5H12N2O.C2HF3O2/c1-4(6)5(8)7(2)3;3-2(4,5)1(6)7/h4H,6H2,1-3H3;(H,6,7)/t4-;/m0./s1. The van der Waals surface area contributed by atoms with Crippen molar-refractivity contribution in [1.82, 2.24) is 4.90 Å².